The first kappa shape index (κ1) is 13.8. The number of H-pyrrole nitrogens is 1. The van der Waals surface area contributed by atoms with Crippen LogP contribution in [0.4, 0.5) is 11.4 Å². The van der Waals surface area contributed by atoms with Gasteiger partial charge in [-0.2, -0.15) is 5.10 Å². The number of aromatic amines is 1. The van der Waals surface area contributed by atoms with E-state index < -0.39 is 0 Å². The highest BCUT2D eigenvalue weighted by Gasteiger charge is 2.24. The monoisotopic (exact) mass is 312 g/mol. The van der Waals surface area contributed by atoms with Gasteiger partial charge in [-0.05, 0) is 37.8 Å². The number of aryl methyl sites for hydroxylation is 1. The van der Waals surface area contributed by atoms with Crippen molar-refractivity contribution in [2.75, 3.05) is 17.2 Å². The minimum atomic E-state index is -0.265. The molecule has 118 valence electrons. The van der Waals surface area contributed by atoms with E-state index in [1.807, 2.05) is 0 Å². The van der Waals surface area contributed by atoms with Gasteiger partial charge in [-0.1, -0.05) is 6.07 Å². The van der Waals surface area contributed by atoms with Crippen LogP contribution in [-0.2, 0) is 17.6 Å². The zero-order chi connectivity index (χ0) is 15.8. The van der Waals surface area contributed by atoms with Crippen LogP contribution in [0.15, 0.2) is 18.2 Å². The van der Waals surface area contributed by atoms with Gasteiger partial charge in [0.2, 0.25) is 0 Å². The van der Waals surface area contributed by atoms with Crippen LogP contribution < -0.4 is 15.4 Å². The molecule has 3 N–H and O–H groups in total. The molecule has 0 fully saturated rings. The number of aromatic nitrogens is 2. The quantitative estimate of drug-likeness (QED) is 0.789. The van der Waals surface area contributed by atoms with Crippen molar-refractivity contribution in [2.45, 2.75) is 25.7 Å². The summed E-state index contributed by atoms with van der Waals surface area (Å²) in [4.78, 5) is 23.9. The zero-order valence-corrected chi connectivity index (χ0v) is 12.4. The smallest absolute Gasteiger partial charge is 0.276 e. The summed E-state index contributed by atoms with van der Waals surface area (Å²) in [6, 6.07) is 5.23. The van der Waals surface area contributed by atoms with Gasteiger partial charge in [0.15, 0.2) is 18.1 Å². The summed E-state index contributed by atoms with van der Waals surface area (Å²) in [6.07, 6.45) is 4.00. The fraction of sp³-hybridized carbons (Fsp3) is 0.312. The van der Waals surface area contributed by atoms with Crippen molar-refractivity contribution in [3.63, 3.8) is 0 Å². The van der Waals surface area contributed by atoms with Crippen LogP contribution in [0.25, 0.3) is 0 Å². The lowest BCUT2D eigenvalue weighted by molar-refractivity contribution is -0.118. The van der Waals surface area contributed by atoms with Crippen molar-refractivity contribution in [3.05, 3.63) is 35.2 Å². The van der Waals surface area contributed by atoms with E-state index in [-0.39, 0.29) is 18.4 Å². The molecule has 0 radical (unpaired) electrons. The summed E-state index contributed by atoms with van der Waals surface area (Å²) in [5.41, 5.74) is 3.59. The molecule has 1 aliphatic carbocycles. The molecule has 1 aliphatic heterocycles. The number of nitrogens with zero attached hydrogens (tertiary/aromatic N) is 1. The molecular formula is C16H16N4O3. The average Bonchev–Trinajstić information content (AvgIpc) is 2.99. The Hall–Kier alpha value is -2.83. The number of amides is 2. The molecule has 0 spiro atoms. The Morgan fingerprint density at radius 2 is 2.13 bits per heavy atom. The third-order valence-corrected chi connectivity index (χ3v) is 4.16. The number of rotatable bonds is 2. The van der Waals surface area contributed by atoms with Gasteiger partial charge in [-0.15, -0.1) is 0 Å². The molecule has 1 aromatic carbocycles. The number of anilines is 2. The Labute approximate surface area is 132 Å². The second kappa shape index (κ2) is 5.42. The first-order valence-corrected chi connectivity index (χ1v) is 7.65. The molecule has 0 bridgehead atoms. The van der Waals surface area contributed by atoms with Gasteiger partial charge in [0.05, 0.1) is 11.4 Å². The van der Waals surface area contributed by atoms with Crippen molar-refractivity contribution in [3.8, 4) is 5.75 Å². The lowest BCUT2D eigenvalue weighted by Crippen LogP contribution is -2.26. The molecule has 4 rings (SSSR count). The summed E-state index contributed by atoms with van der Waals surface area (Å²) in [5, 5.41) is 12.7. The molecule has 1 aromatic heterocycles. The number of para-hydroxylation sites is 1. The summed E-state index contributed by atoms with van der Waals surface area (Å²) >= 11 is 0. The second-order valence-electron chi connectivity index (χ2n) is 5.71. The van der Waals surface area contributed by atoms with E-state index >= 15 is 0 Å². The van der Waals surface area contributed by atoms with Gasteiger partial charge in [0.25, 0.3) is 11.8 Å². The Bertz CT molecular complexity index is 797. The van der Waals surface area contributed by atoms with Crippen molar-refractivity contribution < 1.29 is 14.3 Å². The number of carbonyl (C=O) groups excluding carboxylic acids is 2. The zero-order valence-electron chi connectivity index (χ0n) is 12.4. The third kappa shape index (κ3) is 2.44. The van der Waals surface area contributed by atoms with Gasteiger partial charge in [0, 0.05) is 11.3 Å². The van der Waals surface area contributed by atoms with Crippen molar-refractivity contribution in [1.82, 2.24) is 10.2 Å². The number of carbonyl (C=O) groups is 2. The van der Waals surface area contributed by atoms with E-state index in [0.717, 1.165) is 36.9 Å². The van der Waals surface area contributed by atoms with Gasteiger partial charge in [-0.25, -0.2) is 0 Å². The topological polar surface area (TPSA) is 96.1 Å². The van der Waals surface area contributed by atoms with Gasteiger partial charge in [0.1, 0.15) is 0 Å². The maximum Gasteiger partial charge on any atom is 0.276 e. The van der Waals surface area contributed by atoms with E-state index in [4.69, 9.17) is 4.74 Å². The summed E-state index contributed by atoms with van der Waals surface area (Å²) in [6.45, 7) is -0.0579. The fourth-order valence-corrected chi connectivity index (χ4v) is 3.06. The van der Waals surface area contributed by atoms with E-state index in [1.54, 1.807) is 18.2 Å². The highest BCUT2D eigenvalue weighted by Crippen LogP contribution is 2.35. The van der Waals surface area contributed by atoms with E-state index in [0.29, 0.717) is 22.8 Å². The molecule has 0 atom stereocenters. The Kier molecular flexibility index (Phi) is 3.25. The number of nitrogens with one attached hydrogen (secondary N) is 3. The SMILES string of the molecule is O=C1COc2c(cccc2NC(=O)c2n[nH]c3c2CCCC3)N1. The molecule has 0 saturated heterocycles. The van der Waals surface area contributed by atoms with Crippen molar-refractivity contribution >= 4 is 23.2 Å². The number of fused-ring (bicyclic) bond motifs is 2. The Morgan fingerprint density at radius 1 is 1.26 bits per heavy atom. The first-order valence-electron chi connectivity index (χ1n) is 7.65. The molecular weight excluding hydrogens is 296 g/mol. The predicted octanol–water partition coefficient (Wildman–Crippen LogP) is 1.87. The minimum Gasteiger partial charge on any atom is -0.479 e. The van der Waals surface area contributed by atoms with Crippen LogP contribution in [0.3, 0.4) is 0 Å². The maximum absolute atomic E-state index is 12.6. The Balaban J connectivity index is 1.61. The molecule has 7 nitrogen and oxygen atoms in total. The van der Waals surface area contributed by atoms with Crippen LogP contribution in [0.1, 0.15) is 34.6 Å². The molecule has 2 heterocycles. The summed E-state index contributed by atoms with van der Waals surface area (Å²) in [5.74, 6) is 0.00509. The standard InChI is InChI=1S/C16H16N4O3/c21-13-8-23-15-11(17-13)6-3-7-12(15)18-16(22)14-9-4-1-2-5-10(9)19-20-14/h3,6-7H,1-2,4-5,8H2,(H,17,21)(H,18,22)(H,19,20). The molecule has 7 heteroatoms. The van der Waals surface area contributed by atoms with Gasteiger partial charge in [-0.3, -0.25) is 14.7 Å². The van der Waals surface area contributed by atoms with Crippen molar-refractivity contribution in [1.29, 1.82) is 0 Å². The van der Waals surface area contributed by atoms with E-state index in [2.05, 4.69) is 20.8 Å². The molecule has 2 amide bonds. The number of ether oxygens (including phenoxy) is 1. The lowest BCUT2D eigenvalue weighted by atomic mass is 9.96. The van der Waals surface area contributed by atoms with Gasteiger partial charge >= 0.3 is 0 Å². The second-order valence-corrected chi connectivity index (χ2v) is 5.71. The maximum atomic E-state index is 12.6. The normalized spacial score (nSPS) is 15.9. The van der Waals surface area contributed by atoms with Crippen LogP contribution in [0.5, 0.6) is 5.75 Å². The molecule has 2 aliphatic rings. The minimum absolute atomic E-state index is 0.0579. The van der Waals surface area contributed by atoms with Crippen LogP contribution >= 0.6 is 0 Å². The van der Waals surface area contributed by atoms with Crippen LogP contribution in [-0.4, -0.2) is 28.6 Å². The number of benzene rings is 1. The predicted molar refractivity (Wildman–Crippen MR) is 83.7 cm³/mol. The first-order chi connectivity index (χ1) is 11.2. The Morgan fingerprint density at radius 3 is 3.04 bits per heavy atom. The van der Waals surface area contributed by atoms with E-state index in [1.165, 1.54) is 0 Å². The lowest BCUT2D eigenvalue weighted by Gasteiger charge is -2.20. The molecule has 23 heavy (non-hydrogen) atoms. The third-order valence-electron chi connectivity index (χ3n) is 4.16. The van der Waals surface area contributed by atoms with Crippen LogP contribution in [0, 0.1) is 0 Å². The molecule has 2 aromatic rings. The van der Waals surface area contributed by atoms with Gasteiger partial charge < -0.3 is 15.4 Å². The fourth-order valence-electron chi connectivity index (χ4n) is 3.06. The molecule has 0 saturated carbocycles. The highest BCUT2D eigenvalue weighted by molar-refractivity contribution is 6.06. The summed E-state index contributed by atoms with van der Waals surface area (Å²) < 4.78 is 5.44. The molecule has 0 unspecified atom stereocenters. The number of hydrogen-bond acceptors (Lipinski definition) is 4. The largest absolute Gasteiger partial charge is 0.479 e. The number of hydrogen-bond donors (Lipinski definition) is 3. The van der Waals surface area contributed by atoms with Crippen molar-refractivity contribution in [2.24, 2.45) is 0 Å². The van der Waals surface area contributed by atoms with E-state index in [9.17, 15) is 9.59 Å². The summed E-state index contributed by atoms with van der Waals surface area (Å²) in [7, 11) is 0. The van der Waals surface area contributed by atoms with Crippen LogP contribution in [0.2, 0.25) is 0 Å². The average molecular weight is 312 g/mol. The highest BCUT2D eigenvalue weighted by atomic mass is 16.5.